The van der Waals surface area contributed by atoms with Gasteiger partial charge in [0, 0.05) is 19.3 Å². The second-order valence-corrected chi connectivity index (χ2v) is 19.5. The molecule has 0 amide bonds. The van der Waals surface area contributed by atoms with Gasteiger partial charge >= 0.3 is 17.9 Å². The molecular formula is C63H110O6. The van der Waals surface area contributed by atoms with E-state index in [1.165, 1.54) is 141 Å². The predicted octanol–water partition coefficient (Wildman–Crippen LogP) is 19.8. The van der Waals surface area contributed by atoms with Gasteiger partial charge in [0.05, 0.1) is 0 Å². The van der Waals surface area contributed by atoms with E-state index in [9.17, 15) is 14.4 Å². The Balaban J connectivity index is 4.11. The van der Waals surface area contributed by atoms with Crippen molar-refractivity contribution in [2.75, 3.05) is 13.2 Å². The number of hydrogen-bond acceptors (Lipinski definition) is 6. The molecule has 0 aliphatic heterocycles. The molecule has 0 heterocycles. The molecule has 0 fully saturated rings. The summed E-state index contributed by atoms with van der Waals surface area (Å²) in [5, 5.41) is 0. The first-order chi connectivity index (χ1) is 34.0. The van der Waals surface area contributed by atoms with E-state index in [-0.39, 0.29) is 31.1 Å². The molecule has 0 aliphatic rings. The standard InChI is InChI=1S/C63H110O6/c1-4-7-10-13-15-17-19-21-23-25-27-29-30-31-32-34-35-37-39-41-43-45-47-50-53-56-62(65)68-59-60(58-67-61(64)55-52-49-12-9-6-3)69-63(66)57-54-51-48-46-44-42-40-38-36-33-28-26-24-22-20-18-16-14-11-8-5-2/h7,10,15,17,21,23,27,29,31-32,35,37,60H,4-6,8-9,11-14,16,18-20,22,24-26,28,30,33-34,36,38-59H2,1-3H3/b10-7-,17-15-,23-21-,29-27-,32-31-,37-35-. The Hall–Kier alpha value is -3.15. The van der Waals surface area contributed by atoms with E-state index in [0.717, 1.165) is 109 Å². The Morgan fingerprint density at radius 3 is 0.884 bits per heavy atom. The first-order valence-electron chi connectivity index (χ1n) is 29.4. The molecule has 0 saturated heterocycles. The molecule has 0 N–H and O–H groups in total. The van der Waals surface area contributed by atoms with Crippen LogP contribution in [0.1, 0.15) is 290 Å². The fraction of sp³-hybridized carbons (Fsp3) is 0.762. The number of rotatable bonds is 53. The topological polar surface area (TPSA) is 78.9 Å². The van der Waals surface area contributed by atoms with Gasteiger partial charge in [0.1, 0.15) is 13.2 Å². The van der Waals surface area contributed by atoms with Crippen LogP contribution in [0.15, 0.2) is 72.9 Å². The van der Waals surface area contributed by atoms with Gasteiger partial charge in [-0.25, -0.2) is 0 Å². The fourth-order valence-corrected chi connectivity index (χ4v) is 8.33. The quantitative estimate of drug-likeness (QED) is 0.0262. The molecule has 0 saturated carbocycles. The summed E-state index contributed by atoms with van der Waals surface area (Å²) in [6.07, 6.45) is 73.7. The van der Waals surface area contributed by atoms with Crippen molar-refractivity contribution in [2.45, 2.75) is 297 Å². The average Bonchev–Trinajstić information content (AvgIpc) is 3.35. The number of carbonyl (C=O) groups excluding carboxylic acids is 3. The molecule has 1 unspecified atom stereocenters. The van der Waals surface area contributed by atoms with Crippen LogP contribution >= 0.6 is 0 Å². The van der Waals surface area contributed by atoms with E-state index in [1.54, 1.807) is 0 Å². The van der Waals surface area contributed by atoms with Crippen LogP contribution in [-0.4, -0.2) is 37.2 Å². The van der Waals surface area contributed by atoms with Crippen molar-refractivity contribution in [3.63, 3.8) is 0 Å². The third kappa shape index (κ3) is 55.6. The highest BCUT2D eigenvalue weighted by Crippen LogP contribution is 2.17. The molecule has 6 nitrogen and oxygen atoms in total. The van der Waals surface area contributed by atoms with Gasteiger partial charge in [-0.15, -0.1) is 0 Å². The third-order valence-corrected chi connectivity index (χ3v) is 12.7. The van der Waals surface area contributed by atoms with E-state index < -0.39 is 6.10 Å². The lowest BCUT2D eigenvalue weighted by Gasteiger charge is -2.18. The Morgan fingerprint density at radius 2 is 0.565 bits per heavy atom. The van der Waals surface area contributed by atoms with Crippen molar-refractivity contribution >= 4 is 17.9 Å². The minimum Gasteiger partial charge on any atom is -0.462 e. The SMILES string of the molecule is CC/C=C\C/C=C\C/C=C\C/C=C\C/C=C\C/C=C\CCCCCCCCC(=O)OCC(COC(=O)CCCCCCC)OC(=O)CCCCCCCCCCCCCCCCCCCCCCC. The molecule has 0 aromatic rings. The minimum atomic E-state index is -0.776. The Morgan fingerprint density at radius 1 is 0.304 bits per heavy atom. The van der Waals surface area contributed by atoms with Crippen LogP contribution in [0.5, 0.6) is 0 Å². The van der Waals surface area contributed by atoms with Crippen molar-refractivity contribution in [1.29, 1.82) is 0 Å². The van der Waals surface area contributed by atoms with Crippen LogP contribution in [0.2, 0.25) is 0 Å². The molecule has 398 valence electrons. The number of unbranched alkanes of at least 4 members (excludes halogenated alkanes) is 30. The van der Waals surface area contributed by atoms with Crippen LogP contribution in [0.25, 0.3) is 0 Å². The molecule has 0 aromatic heterocycles. The lowest BCUT2D eigenvalue weighted by molar-refractivity contribution is -0.167. The third-order valence-electron chi connectivity index (χ3n) is 12.7. The van der Waals surface area contributed by atoms with Crippen LogP contribution in [-0.2, 0) is 28.6 Å². The van der Waals surface area contributed by atoms with Crippen LogP contribution in [0.3, 0.4) is 0 Å². The van der Waals surface area contributed by atoms with E-state index in [4.69, 9.17) is 14.2 Å². The van der Waals surface area contributed by atoms with Crippen molar-refractivity contribution in [3.05, 3.63) is 72.9 Å². The monoisotopic (exact) mass is 963 g/mol. The number of ether oxygens (including phenoxy) is 3. The number of esters is 3. The lowest BCUT2D eigenvalue weighted by atomic mass is 10.0. The van der Waals surface area contributed by atoms with Gasteiger partial charge in [-0.2, -0.15) is 0 Å². The number of carbonyl (C=O) groups is 3. The zero-order valence-corrected chi connectivity index (χ0v) is 45.6. The Bertz CT molecular complexity index is 1290. The molecule has 0 bridgehead atoms. The molecular weight excluding hydrogens is 853 g/mol. The number of hydrogen-bond donors (Lipinski definition) is 0. The zero-order chi connectivity index (χ0) is 50.0. The zero-order valence-electron chi connectivity index (χ0n) is 45.6. The van der Waals surface area contributed by atoms with Gasteiger partial charge in [0.2, 0.25) is 0 Å². The fourth-order valence-electron chi connectivity index (χ4n) is 8.33. The summed E-state index contributed by atoms with van der Waals surface area (Å²) in [5.74, 6) is -0.897. The van der Waals surface area contributed by atoms with Crippen LogP contribution in [0, 0.1) is 0 Å². The average molecular weight is 964 g/mol. The molecule has 69 heavy (non-hydrogen) atoms. The predicted molar refractivity (Wildman–Crippen MR) is 298 cm³/mol. The first-order valence-corrected chi connectivity index (χ1v) is 29.4. The van der Waals surface area contributed by atoms with Crippen molar-refractivity contribution in [2.24, 2.45) is 0 Å². The van der Waals surface area contributed by atoms with Gasteiger partial charge in [-0.1, -0.05) is 273 Å². The second-order valence-electron chi connectivity index (χ2n) is 19.5. The van der Waals surface area contributed by atoms with Gasteiger partial charge < -0.3 is 14.2 Å². The highest BCUT2D eigenvalue weighted by atomic mass is 16.6. The van der Waals surface area contributed by atoms with Gasteiger partial charge in [-0.05, 0) is 70.6 Å². The van der Waals surface area contributed by atoms with Gasteiger partial charge in [-0.3, -0.25) is 14.4 Å². The van der Waals surface area contributed by atoms with E-state index >= 15 is 0 Å². The van der Waals surface area contributed by atoms with E-state index in [2.05, 4.69) is 93.7 Å². The maximum atomic E-state index is 12.8. The summed E-state index contributed by atoms with van der Waals surface area (Å²) in [6.45, 7) is 6.46. The van der Waals surface area contributed by atoms with Crippen LogP contribution < -0.4 is 0 Å². The summed E-state index contributed by atoms with van der Waals surface area (Å²) in [6, 6.07) is 0. The minimum absolute atomic E-state index is 0.0787. The summed E-state index contributed by atoms with van der Waals surface area (Å²) >= 11 is 0. The van der Waals surface area contributed by atoms with Crippen LogP contribution in [0.4, 0.5) is 0 Å². The van der Waals surface area contributed by atoms with Crippen molar-refractivity contribution in [3.8, 4) is 0 Å². The van der Waals surface area contributed by atoms with E-state index in [1.807, 2.05) is 0 Å². The summed E-state index contributed by atoms with van der Waals surface area (Å²) in [4.78, 5) is 37.8. The smallest absolute Gasteiger partial charge is 0.306 e. The first kappa shape index (κ1) is 65.8. The molecule has 0 rings (SSSR count). The van der Waals surface area contributed by atoms with Crippen molar-refractivity contribution in [1.82, 2.24) is 0 Å². The molecule has 1 atom stereocenters. The number of allylic oxidation sites excluding steroid dienone is 12. The molecule has 0 aliphatic carbocycles. The maximum Gasteiger partial charge on any atom is 0.306 e. The highest BCUT2D eigenvalue weighted by molar-refractivity contribution is 5.71. The Kier molecular flexibility index (Phi) is 54.8. The molecule has 0 aromatic carbocycles. The van der Waals surface area contributed by atoms with Gasteiger partial charge in [0.25, 0.3) is 0 Å². The summed E-state index contributed by atoms with van der Waals surface area (Å²) in [5.41, 5.74) is 0. The Labute approximate surface area is 427 Å². The molecule has 6 heteroatoms. The summed E-state index contributed by atoms with van der Waals surface area (Å²) < 4.78 is 16.7. The van der Waals surface area contributed by atoms with Gasteiger partial charge in [0.15, 0.2) is 6.10 Å². The van der Waals surface area contributed by atoms with Crippen molar-refractivity contribution < 1.29 is 28.6 Å². The molecule has 0 spiro atoms. The molecule has 0 radical (unpaired) electrons. The highest BCUT2D eigenvalue weighted by Gasteiger charge is 2.19. The summed E-state index contributed by atoms with van der Waals surface area (Å²) in [7, 11) is 0. The lowest BCUT2D eigenvalue weighted by Crippen LogP contribution is -2.30. The normalized spacial score (nSPS) is 12.6. The largest absolute Gasteiger partial charge is 0.462 e. The van der Waals surface area contributed by atoms with E-state index in [0.29, 0.717) is 19.3 Å². The second kappa shape index (κ2) is 57.4. The maximum absolute atomic E-state index is 12.8.